The van der Waals surface area contributed by atoms with Crippen LogP contribution >= 0.6 is 34.8 Å². The second kappa shape index (κ2) is 16.4. The molecule has 0 saturated heterocycles. The maximum Gasteiger partial charge on any atom is 0.264 e. The highest BCUT2D eigenvalue weighted by atomic mass is 35.5. The van der Waals surface area contributed by atoms with E-state index in [1.165, 1.54) is 29.2 Å². The van der Waals surface area contributed by atoms with Crippen LogP contribution in [-0.4, -0.2) is 43.8 Å². The lowest BCUT2D eigenvalue weighted by molar-refractivity contribution is -0.140. The van der Waals surface area contributed by atoms with Crippen molar-refractivity contribution < 1.29 is 18.0 Å². The molecule has 1 saturated carbocycles. The summed E-state index contributed by atoms with van der Waals surface area (Å²) in [5.41, 5.74) is 3.58. The lowest BCUT2D eigenvalue weighted by Crippen LogP contribution is -2.55. The van der Waals surface area contributed by atoms with E-state index in [4.69, 9.17) is 34.8 Å². The number of hydrogen-bond acceptors (Lipinski definition) is 4. The van der Waals surface area contributed by atoms with Gasteiger partial charge in [-0.3, -0.25) is 13.9 Å². The molecule has 0 unspecified atom stereocenters. The summed E-state index contributed by atoms with van der Waals surface area (Å²) in [5, 5.41) is 4.35. The van der Waals surface area contributed by atoms with Gasteiger partial charge < -0.3 is 10.2 Å². The lowest BCUT2D eigenvalue weighted by atomic mass is 9.94. The number of carbonyl (C=O) groups excluding carboxylic acids is 2. The van der Waals surface area contributed by atoms with Crippen LogP contribution in [0, 0.1) is 13.8 Å². The van der Waals surface area contributed by atoms with Gasteiger partial charge in [0.05, 0.1) is 10.6 Å². The van der Waals surface area contributed by atoms with Crippen LogP contribution in [0.3, 0.4) is 0 Å². The van der Waals surface area contributed by atoms with E-state index >= 15 is 0 Å². The number of rotatable bonds is 12. The highest BCUT2D eigenvalue weighted by molar-refractivity contribution is 7.92. The number of amides is 2. The quantitative estimate of drug-likeness (QED) is 0.158. The molecule has 0 aromatic heterocycles. The van der Waals surface area contributed by atoms with E-state index in [9.17, 15) is 18.0 Å². The van der Waals surface area contributed by atoms with Crippen molar-refractivity contribution in [3.8, 4) is 0 Å². The number of anilines is 1. The van der Waals surface area contributed by atoms with Crippen LogP contribution in [0.4, 0.5) is 5.69 Å². The van der Waals surface area contributed by atoms with Crippen molar-refractivity contribution in [2.45, 2.75) is 75.9 Å². The first-order valence-corrected chi connectivity index (χ1v) is 18.9. The Balaban J connectivity index is 1.59. The monoisotopic (exact) mass is 739 g/mol. The molecule has 0 aliphatic heterocycles. The van der Waals surface area contributed by atoms with Gasteiger partial charge in [0, 0.05) is 34.1 Å². The third kappa shape index (κ3) is 9.37. The molecule has 0 bridgehead atoms. The van der Waals surface area contributed by atoms with Crippen molar-refractivity contribution >= 4 is 62.3 Å². The normalized spacial score (nSPS) is 14.2. The van der Waals surface area contributed by atoms with Crippen LogP contribution in [-0.2, 0) is 32.6 Å². The smallest absolute Gasteiger partial charge is 0.264 e. The number of hydrogen-bond donors (Lipinski definition) is 1. The zero-order valence-electron chi connectivity index (χ0n) is 27.5. The number of halogens is 3. The number of nitrogens with zero attached hydrogens (tertiary/aromatic N) is 2. The minimum absolute atomic E-state index is 0.00657. The first-order valence-electron chi connectivity index (χ1n) is 16.4. The fraction of sp³-hybridized carbons (Fsp3) is 0.316. The van der Waals surface area contributed by atoms with Crippen molar-refractivity contribution in [2.24, 2.45) is 0 Å². The number of nitrogens with one attached hydrogen (secondary N) is 1. The minimum Gasteiger partial charge on any atom is -0.352 e. The summed E-state index contributed by atoms with van der Waals surface area (Å²) >= 11 is 18.9. The topological polar surface area (TPSA) is 86.8 Å². The molecule has 7 nitrogen and oxygen atoms in total. The Labute approximate surface area is 304 Å². The molecule has 0 radical (unpaired) electrons. The predicted molar refractivity (Wildman–Crippen MR) is 198 cm³/mol. The zero-order chi connectivity index (χ0) is 35.1. The molecular formula is C38H40Cl3N3O4S. The number of sulfonamides is 1. The van der Waals surface area contributed by atoms with Crippen molar-refractivity contribution in [3.63, 3.8) is 0 Å². The Morgan fingerprint density at radius 2 is 1.49 bits per heavy atom. The molecule has 1 aliphatic carbocycles. The first-order chi connectivity index (χ1) is 23.4. The van der Waals surface area contributed by atoms with Gasteiger partial charge in [-0.15, -0.1) is 0 Å². The van der Waals surface area contributed by atoms with Crippen LogP contribution in [0.15, 0.2) is 95.9 Å². The Bertz CT molecular complexity index is 1880. The molecule has 11 heteroatoms. The second-order valence-corrected chi connectivity index (χ2v) is 15.7. The van der Waals surface area contributed by atoms with Gasteiger partial charge in [-0.1, -0.05) is 96.5 Å². The Morgan fingerprint density at radius 1 is 0.816 bits per heavy atom. The largest absolute Gasteiger partial charge is 0.352 e. The van der Waals surface area contributed by atoms with Crippen LogP contribution < -0.4 is 9.62 Å². The highest BCUT2D eigenvalue weighted by Crippen LogP contribution is 2.29. The van der Waals surface area contributed by atoms with Crippen molar-refractivity contribution in [2.75, 3.05) is 10.8 Å². The van der Waals surface area contributed by atoms with Crippen LogP contribution in [0.2, 0.25) is 15.1 Å². The van der Waals surface area contributed by atoms with Crippen molar-refractivity contribution in [3.05, 3.63) is 128 Å². The van der Waals surface area contributed by atoms with Gasteiger partial charge >= 0.3 is 0 Å². The second-order valence-electron chi connectivity index (χ2n) is 12.5. The molecule has 0 heterocycles. The van der Waals surface area contributed by atoms with Gasteiger partial charge in [-0.25, -0.2) is 8.42 Å². The molecule has 1 aliphatic rings. The summed E-state index contributed by atoms with van der Waals surface area (Å²) in [4.78, 5) is 30.5. The maximum absolute atomic E-state index is 14.8. The molecule has 1 N–H and O–H groups in total. The van der Waals surface area contributed by atoms with Gasteiger partial charge in [0.1, 0.15) is 12.6 Å². The first kappa shape index (κ1) is 36.7. The molecule has 4 aromatic rings. The van der Waals surface area contributed by atoms with E-state index in [2.05, 4.69) is 5.32 Å². The number of carbonyl (C=O) groups is 2. The third-order valence-electron chi connectivity index (χ3n) is 9.04. The molecule has 4 aromatic carbocycles. The van der Waals surface area contributed by atoms with Gasteiger partial charge in [0.2, 0.25) is 11.8 Å². The number of aryl methyl sites for hydroxylation is 2. The van der Waals surface area contributed by atoms with E-state index in [-0.39, 0.29) is 29.8 Å². The molecule has 2 amide bonds. The summed E-state index contributed by atoms with van der Waals surface area (Å²) in [5.74, 6) is -0.867. The van der Waals surface area contributed by atoms with Gasteiger partial charge in [0.15, 0.2) is 0 Å². The van der Waals surface area contributed by atoms with Crippen LogP contribution in [0.5, 0.6) is 0 Å². The van der Waals surface area contributed by atoms with Crippen molar-refractivity contribution in [1.29, 1.82) is 0 Å². The molecule has 1 atom stereocenters. The lowest BCUT2D eigenvalue weighted by Gasteiger charge is -2.35. The van der Waals surface area contributed by atoms with E-state index in [1.807, 2.05) is 50.2 Å². The Kier molecular flexibility index (Phi) is 12.3. The SMILES string of the molecule is Cc1ccc(N(CC(=O)N(Cc2ccc(Cl)cc2Cl)[C@@H](Cc2ccccc2)C(=O)NC2CCCCC2)S(=O)(=O)c2ccc(Cl)cc2)cc1C. The molecule has 258 valence electrons. The fourth-order valence-corrected chi connectivity index (χ4v) is 8.08. The summed E-state index contributed by atoms with van der Waals surface area (Å²) in [6.07, 6.45) is 5.09. The summed E-state index contributed by atoms with van der Waals surface area (Å²) in [7, 11) is -4.26. The molecule has 49 heavy (non-hydrogen) atoms. The van der Waals surface area contributed by atoms with E-state index in [0.29, 0.717) is 26.3 Å². The van der Waals surface area contributed by atoms with Crippen LogP contribution in [0.1, 0.15) is 54.4 Å². The van der Waals surface area contributed by atoms with Crippen molar-refractivity contribution in [1.82, 2.24) is 10.2 Å². The van der Waals surface area contributed by atoms with Gasteiger partial charge in [-0.05, 0) is 97.5 Å². The Hall–Kier alpha value is -3.56. The van der Waals surface area contributed by atoms with Gasteiger partial charge in [-0.2, -0.15) is 0 Å². The minimum atomic E-state index is -4.26. The van der Waals surface area contributed by atoms with E-state index < -0.39 is 28.5 Å². The highest BCUT2D eigenvalue weighted by Gasteiger charge is 2.36. The third-order valence-corrected chi connectivity index (χ3v) is 11.7. The summed E-state index contributed by atoms with van der Waals surface area (Å²) in [6.45, 7) is 3.19. The molecule has 0 spiro atoms. The average molecular weight is 741 g/mol. The molecule has 1 fully saturated rings. The van der Waals surface area contributed by atoms with Crippen LogP contribution in [0.25, 0.3) is 0 Å². The predicted octanol–water partition coefficient (Wildman–Crippen LogP) is 8.55. The fourth-order valence-electron chi connectivity index (χ4n) is 6.07. The van der Waals surface area contributed by atoms with Gasteiger partial charge in [0.25, 0.3) is 10.0 Å². The standard InChI is InChI=1S/C38H40Cl3N3O4S/c1-26-13-18-33(21-27(26)2)44(49(47,48)34-19-16-30(39)17-20-34)25-37(45)43(24-29-14-15-31(40)23-35(29)41)36(22-28-9-5-3-6-10-28)38(46)42-32-11-7-4-8-12-32/h3,5-6,9-10,13-21,23,32,36H,4,7-8,11-12,22,24-25H2,1-2H3,(H,42,46)/t36-/m0/s1. The summed E-state index contributed by atoms with van der Waals surface area (Å²) < 4.78 is 29.7. The maximum atomic E-state index is 14.8. The van der Waals surface area contributed by atoms with E-state index in [0.717, 1.165) is 53.1 Å². The molecular weight excluding hydrogens is 701 g/mol. The summed E-state index contributed by atoms with van der Waals surface area (Å²) in [6, 6.07) is 24.5. The number of benzene rings is 4. The average Bonchev–Trinajstić information content (AvgIpc) is 3.08. The molecule has 5 rings (SSSR count). The van der Waals surface area contributed by atoms with E-state index in [1.54, 1.807) is 30.3 Å². The Morgan fingerprint density at radius 3 is 2.14 bits per heavy atom. The zero-order valence-corrected chi connectivity index (χ0v) is 30.6.